The van der Waals surface area contributed by atoms with Crippen LogP contribution in [0.15, 0.2) is 48.5 Å². The lowest BCUT2D eigenvalue weighted by molar-refractivity contribution is -0.166. The highest BCUT2D eigenvalue weighted by Gasteiger charge is 2.42. The molecule has 4 rings (SSSR count). The summed E-state index contributed by atoms with van der Waals surface area (Å²) in [5, 5.41) is 0.675. The number of halogens is 1. The van der Waals surface area contributed by atoms with Crippen molar-refractivity contribution in [3.63, 3.8) is 0 Å². The van der Waals surface area contributed by atoms with Crippen molar-refractivity contribution in [2.75, 3.05) is 39.4 Å². The van der Waals surface area contributed by atoms with Gasteiger partial charge >= 0.3 is 0 Å². The van der Waals surface area contributed by atoms with E-state index in [1.54, 1.807) is 6.07 Å². The first kappa shape index (κ1) is 24.6. The fourth-order valence-corrected chi connectivity index (χ4v) is 4.76. The minimum Gasteiger partial charge on any atom is -0.490 e. The molecule has 0 saturated carbocycles. The molecule has 6 nitrogen and oxygen atoms in total. The van der Waals surface area contributed by atoms with Gasteiger partial charge < -0.3 is 19.3 Å². The van der Waals surface area contributed by atoms with Gasteiger partial charge in [-0.1, -0.05) is 41.9 Å². The van der Waals surface area contributed by atoms with E-state index in [1.165, 1.54) is 0 Å². The normalized spacial score (nSPS) is 20.8. The second kappa shape index (κ2) is 11.2. The molecule has 0 aromatic heterocycles. The number of rotatable bonds is 7. The standard InChI is InChI=1S/C27H33ClN2O4/c1-21-16-23(10-11-24(21)28)33-20-27(18-26(32)29-12-6-3-7-13-29)19-30(14-15-34-27)25(31)17-22-8-4-2-5-9-22/h2,4-5,8-11,16H,3,6-7,12-15,17-20H2,1H3. The van der Waals surface area contributed by atoms with Gasteiger partial charge in [-0.25, -0.2) is 0 Å². The Bertz CT molecular complexity index is 993. The number of likely N-dealkylation sites (tertiary alicyclic amines) is 1. The third-order valence-corrected chi connectivity index (χ3v) is 7.04. The minimum atomic E-state index is -0.896. The molecule has 0 spiro atoms. The van der Waals surface area contributed by atoms with E-state index in [4.69, 9.17) is 21.1 Å². The summed E-state index contributed by atoms with van der Waals surface area (Å²) < 4.78 is 12.4. The van der Waals surface area contributed by atoms with Crippen molar-refractivity contribution in [3.05, 3.63) is 64.7 Å². The first-order valence-electron chi connectivity index (χ1n) is 12.1. The van der Waals surface area contributed by atoms with Crippen LogP contribution in [0.5, 0.6) is 5.75 Å². The quantitative estimate of drug-likeness (QED) is 0.589. The van der Waals surface area contributed by atoms with Crippen molar-refractivity contribution in [1.82, 2.24) is 9.80 Å². The largest absolute Gasteiger partial charge is 0.490 e. The van der Waals surface area contributed by atoms with Gasteiger partial charge in [-0.15, -0.1) is 0 Å². The molecule has 2 aliphatic heterocycles. The molecular formula is C27H33ClN2O4. The molecule has 2 aromatic carbocycles. The summed E-state index contributed by atoms with van der Waals surface area (Å²) >= 11 is 6.16. The van der Waals surface area contributed by atoms with Gasteiger partial charge in [-0.2, -0.15) is 0 Å². The average molecular weight is 485 g/mol. The Morgan fingerprint density at radius 3 is 2.50 bits per heavy atom. The fraction of sp³-hybridized carbons (Fsp3) is 0.481. The number of carbonyl (C=O) groups is 2. The van der Waals surface area contributed by atoms with E-state index in [-0.39, 0.29) is 24.8 Å². The van der Waals surface area contributed by atoms with Crippen LogP contribution in [0.1, 0.15) is 36.8 Å². The summed E-state index contributed by atoms with van der Waals surface area (Å²) in [4.78, 5) is 30.1. The third kappa shape index (κ3) is 6.30. The van der Waals surface area contributed by atoms with Crippen molar-refractivity contribution < 1.29 is 19.1 Å². The van der Waals surface area contributed by atoms with Gasteiger partial charge in [0.25, 0.3) is 0 Å². The summed E-state index contributed by atoms with van der Waals surface area (Å²) in [6, 6.07) is 15.2. The van der Waals surface area contributed by atoms with E-state index in [9.17, 15) is 9.59 Å². The highest BCUT2D eigenvalue weighted by atomic mass is 35.5. The van der Waals surface area contributed by atoms with Crippen LogP contribution >= 0.6 is 11.6 Å². The van der Waals surface area contributed by atoms with E-state index in [1.807, 2.05) is 59.2 Å². The molecule has 1 atom stereocenters. The van der Waals surface area contributed by atoms with Crippen molar-refractivity contribution in [3.8, 4) is 5.75 Å². The SMILES string of the molecule is Cc1cc(OCC2(CC(=O)N3CCCCC3)CN(C(=O)Cc3ccccc3)CCO2)ccc1Cl. The van der Waals surface area contributed by atoms with Crippen LogP contribution < -0.4 is 4.74 Å². The number of hydrogen-bond donors (Lipinski definition) is 0. The molecular weight excluding hydrogens is 452 g/mol. The molecule has 2 heterocycles. The summed E-state index contributed by atoms with van der Waals surface area (Å²) in [6.07, 6.45) is 3.73. The monoisotopic (exact) mass is 484 g/mol. The van der Waals surface area contributed by atoms with Crippen LogP contribution in [-0.2, 0) is 20.7 Å². The lowest BCUT2D eigenvalue weighted by atomic mass is 9.95. The maximum atomic E-state index is 13.2. The third-order valence-electron chi connectivity index (χ3n) is 6.61. The highest BCUT2D eigenvalue weighted by Crippen LogP contribution is 2.28. The molecule has 0 aliphatic carbocycles. The summed E-state index contributed by atoms with van der Waals surface area (Å²) in [7, 11) is 0. The number of morpholine rings is 1. The Hall–Kier alpha value is -2.57. The van der Waals surface area contributed by atoms with Crippen molar-refractivity contribution in [2.45, 2.75) is 44.6 Å². The van der Waals surface area contributed by atoms with E-state index in [0.29, 0.717) is 36.9 Å². The Morgan fingerprint density at radius 2 is 1.76 bits per heavy atom. The van der Waals surface area contributed by atoms with Crippen LogP contribution in [0.3, 0.4) is 0 Å². The molecule has 2 aliphatic rings. The van der Waals surface area contributed by atoms with Gasteiger partial charge in [0.05, 0.1) is 26.0 Å². The van der Waals surface area contributed by atoms with Crippen molar-refractivity contribution >= 4 is 23.4 Å². The molecule has 0 N–H and O–H groups in total. The second-order valence-electron chi connectivity index (χ2n) is 9.33. The molecule has 1 unspecified atom stereocenters. The molecule has 0 bridgehead atoms. The zero-order valence-electron chi connectivity index (χ0n) is 19.8. The lowest BCUT2D eigenvalue weighted by Crippen LogP contribution is -2.58. The van der Waals surface area contributed by atoms with Gasteiger partial charge in [0.15, 0.2) is 0 Å². The topological polar surface area (TPSA) is 59.1 Å². The van der Waals surface area contributed by atoms with Crippen LogP contribution in [0, 0.1) is 6.92 Å². The number of benzene rings is 2. The van der Waals surface area contributed by atoms with E-state index in [0.717, 1.165) is 43.5 Å². The summed E-state index contributed by atoms with van der Waals surface area (Å²) in [6.45, 7) is 4.87. The number of carbonyl (C=O) groups excluding carboxylic acids is 2. The molecule has 2 saturated heterocycles. The van der Waals surface area contributed by atoms with E-state index < -0.39 is 5.60 Å². The Morgan fingerprint density at radius 1 is 1.00 bits per heavy atom. The fourth-order valence-electron chi connectivity index (χ4n) is 4.64. The van der Waals surface area contributed by atoms with E-state index in [2.05, 4.69) is 0 Å². The van der Waals surface area contributed by atoms with Gasteiger partial charge in [0.2, 0.25) is 11.8 Å². The predicted octanol–water partition coefficient (Wildman–Crippen LogP) is 4.27. The number of hydrogen-bond acceptors (Lipinski definition) is 4. The second-order valence-corrected chi connectivity index (χ2v) is 9.73. The Labute approximate surface area is 206 Å². The number of amides is 2. The van der Waals surface area contributed by atoms with Crippen LogP contribution in [0.2, 0.25) is 5.02 Å². The molecule has 2 amide bonds. The van der Waals surface area contributed by atoms with Crippen LogP contribution in [-0.4, -0.2) is 66.6 Å². The summed E-state index contributed by atoms with van der Waals surface area (Å²) in [5.74, 6) is 0.766. The maximum Gasteiger partial charge on any atom is 0.227 e. The van der Waals surface area contributed by atoms with Crippen LogP contribution in [0.4, 0.5) is 0 Å². The minimum absolute atomic E-state index is 0.0339. The summed E-state index contributed by atoms with van der Waals surface area (Å²) in [5.41, 5.74) is 0.996. The molecule has 0 radical (unpaired) electrons. The molecule has 2 aromatic rings. The van der Waals surface area contributed by atoms with Gasteiger partial charge in [0, 0.05) is 24.7 Å². The zero-order valence-corrected chi connectivity index (χ0v) is 20.6. The van der Waals surface area contributed by atoms with E-state index >= 15 is 0 Å². The molecule has 34 heavy (non-hydrogen) atoms. The number of aryl methyl sites for hydroxylation is 1. The Kier molecular flexibility index (Phi) is 8.11. The van der Waals surface area contributed by atoms with Gasteiger partial charge in [-0.05, 0) is 55.5 Å². The zero-order chi connectivity index (χ0) is 24.0. The maximum absolute atomic E-state index is 13.2. The predicted molar refractivity (Wildman–Crippen MR) is 132 cm³/mol. The molecule has 2 fully saturated rings. The van der Waals surface area contributed by atoms with Crippen molar-refractivity contribution in [1.29, 1.82) is 0 Å². The highest BCUT2D eigenvalue weighted by molar-refractivity contribution is 6.31. The van der Waals surface area contributed by atoms with Gasteiger partial charge in [-0.3, -0.25) is 9.59 Å². The average Bonchev–Trinajstić information content (AvgIpc) is 2.86. The van der Waals surface area contributed by atoms with Crippen LogP contribution in [0.25, 0.3) is 0 Å². The Balaban J connectivity index is 1.49. The number of nitrogens with zero attached hydrogens (tertiary/aromatic N) is 2. The van der Waals surface area contributed by atoms with Gasteiger partial charge in [0.1, 0.15) is 18.0 Å². The number of ether oxygens (including phenoxy) is 2. The van der Waals surface area contributed by atoms with Crippen molar-refractivity contribution in [2.24, 2.45) is 0 Å². The smallest absolute Gasteiger partial charge is 0.227 e. The first-order chi connectivity index (χ1) is 16.4. The number of piperidine rings is 1. The molecule has 182 valence electrons. The first-order valence-corrected chi connectivity index (χ1v) is 12.4. The molecule has 7 heteroatoms. The lowest BCUT2D eigenvalue weighted by Gasteiger charge is -2.43.